The Hall–Kier alpha value is -4.12. The molecule has 1 aliphatic heterocycles. The third-order valence-corrected chi connectivity index (χ3v) is 7.17. The van der Waals surface area contributed by atoms with Gasteiger partial charge in [0.25, 0.3) is 0 Å². The van der Waals surface area contributed by atoms with Gasteiger partial charge < -0.3 is 24.8 Å². The van der Waals surface area contributed by atoms with Crippen molar-refractivity contribution >= 4 is 34.4 Å². The van der Waals surface area contributed by atoms with Gasteiger partial charge in [-0.1, -0.05) is 0 Å². The highest BCUT2D eigenvalue weighted by Crippen LogP contribution is 2.32. The first-order chi connectivity index (χ1) is 19.1. The zero-order valence-electron chi connectivity index (χ0n) is 22.5. The number of likely N-dealkylation sites (tertiary alicyclic amines) is 1. The molecule has 40 heavy (non-hydrogen) atoms. The van der Waals surface area contributed by atoms with Crippen LogP contribution in [0.3, 0.4) is 0 Å². The molecule has 0 atom stereocenters. The van der Waals surface area contributed by atoms with Crippen molar-refractivity contribution in [3.8, 4) is 11.5 Å². The van der Waals surface area contributed by atoms with Crippen molar-refractivity contribution < 1.29 is 22.7 Å². The van der Waals surface area contributed by atoms with E-state index in [0.717, 1.165) is 43.6 Å². The fourth-order valence-corrected chi connectivity index (χ4v) is 4.81. The number of amides is 1. The predicted molar refractivity (Wildman–Crippen MR) is 148 cm³/mol. The fourth-order valence-electron chi connectivity index (χ4n) is 4.81. The summed E-state index contributed by atoms with van der Waals surface area (Å²) < 4.78 is 46.4. The summed E-state index contributed by atoms with van der Waals surface area (Å²) in [5, 5.41) is 5.98. The molecule has 2 aromatic carbocycles. The maximum Gasteiger partial charge on any atom is 0.416 e. The highest BCUT2D eigenvalue weighted by molar-refractivity contribution is 5.92. The molecular weight excluding hydrogens is 521 g/mol. The van der Waals surface area contributed by atoms with Crippen molar-refractivity contribution in [2.24, 2.45) is 13.0 Å². The van der Waals surface area contributed by atoms with Crippen LogP contribution in [0.1, 0.15) is 32.3 Å². The summed E-state index contributed by atoms with van der Waals surface area (Å²) in [5.41, 5.74) is 1.23. The van der Waals surface area contributed by atoms with Crippen molar-refractivity contribution in [3.05, 3.63) is 66.4 Å². The summed E-state index contributed by atoms with van der Waals surface area (Å²) in [6.45, 7) is 6.15. The van der Waals surface area contributed by atoms with Gasteiger partial charge in [0, 0.05) is 43.0 Å². The number of benzene rings is 2. The van der Waals surface area contributed by atoms with Crippen molar-refractivity contribution in [3.63, 3.8) is 0 Å². The van der Waals surface area contributed by atoms with Crippen LogP contribution < -0.4 is 15.4 Å². The molecule has 1 aliphatic rings. The lowest BCUT2D eigenvalue weighted by Crippen LogP contribution is -2.41. The molecule has 3 heterocycles. The monoisotopic (exact) mass is 552 g/mol. The molecule has 1 amide bonds. The van der Waals surface area contributed by atoms with Gasteiger partial charge in [0.2, 0.25) is 11.9 Å². The van der Waals surface area contributed by atoms with E-state index >= 15 is 0 Å². The van der Waals surface area contributed by atoms with Crippen LogP contribution in [0, 0.1) is 5.92 Å². The number of nitrogens with zero attached hydrogens (tertiary/aromatic N) is 4. The summed E-state index contributed by atoms with van der Waals surface area (Å²) in [6, 6.07) is 14.1. The normalized spacial score (nSPS) is 15.0. The number of aromatic nitrogens is 3. The molecule has 0 bridgehead atoms. The highest BCUT2D eigenvalue weighted by Gasteiger charge is 2.30. The number of alkyl halides is 3. The predicted octanol–water partition coefficient (Wildman–Crippen LogP) is 6.58. The van der Waals surface area contributed by atoms with Crippen molar-refractivity contribution in [2.45, 2.75) is 38.9 Å². The second kappa shape index (κ2) is 11.2. The second-order valence-corrected chi connectivity index (χ2v) is 10.2. The Labute approximate surface area is 230 Å². The van der Waals surface area contributed by atoms with Gasteiger partial charge in [-0.3, -0.25) is 4.79 Å². The number of carbonyl (C=O) groups excluding carboxylic acids is 1. The highest BCUT2D eigenvalue weighted by atomic mass is 19.4. The number of aryl methyl sites for hydroxylation is 1. The first-order valence-corrected chi connectivity index (χ1v) is 13.2. The molecule has 11 heteroatoms. The number of nitrogens with one attached hydrogen (secondary N) is 2. The van der Waals surface area contributed by atoms with Gasteiger partial charge in [-0.05, 0) is 82.2 Å². The SMILES string of the molecule is CC(C)N1CCC(C(=O)Nc2cc(Oc3ccc4c(c3)nc(Nc3ccc(C(F)(F)F)cc3)n4C)ccn2)CC1. The number of pyridine rings is 1. The van der Waals surface area contributed by atoms with Crippen LogP contribution in [-0.4, -0.2) is 44.5 Å². The summed E-state index contributed by atoms with van der Waals surface area (Å²) in [4.78, 5) is 24.0. The van der Waals surface area contributed by atoms with Gasteiger partial charge >= 0.3 is 6.18 Å². The Kier molecular flexibility index (Phi) is 7.66. The molecule has 0 radical (unpaired) electrons. The Bertz CT molecular complexity index is 1490. The fraction of sp³-hybridized carbons (Fsp3) is 0.345. The van der Waals surface area contributed by atoms with E-state index in [1.54, 1.807) is 30.5 Å². The lowest BCUT2D eigenvalue weighted by molar-refractivity contribution is -0.137. The van der Waals surface area contributed by atoms with Gasteiger partial charge in [0.05, 0.1) is 16.6 Å². The number of hydrogen-bond acceptors (Lipinski definition) is 6. The van der Waals surface area contributed by atoms with E-state index in [0.29, 0.717) is 40.5 Å². The summed E-state index contributed by atoms with van der Waals surface area (Å²) in [7, 11) is 1.81. The molecular formula is C29H31F3N6O2. The number of anilines is 3. The Morgan fingerprint density at radius 1 is 1.02 bits per heavy atom. The Balaban J connectivity index is 1.25. The number of fused-ring (bicyclic) bond motifs is 1. The lowest BCUT2D eigenvalue weighted by Gasteiger charge is -2.33. The van der Waals surface area contributed by atoms with E-state index in [2.05, 4.69) is 39.3 Å². The molecule has 2 aromatic heterocycles. The summed E-state index contributed by atoms with van der Waals surface area (Å²) >= 11 is 0. The number of piperidine rings is 1. The lowest BCUT2D eigenvalue weighted by atomic mass is 9.95. The number of rotatable bonds is 7. The molecule has 1 saturated heterocycles. The molecule has 0 unspecified atom stereocenters. The number of carbonyl (C=O) groups is 1. The van der Waals surface area contributed by atoms with E-state index in [1.807, 2.05) is 17.7 Å². The minimum Gasteiger partial charge on any atom is -0.457 e. The van der Waals surface area contributed by atoms with Gasteiger partial charge in [-0.2, -0.15) is 13.2 Å². The van der Waals surface area contributed by atoms with E-state index in [1.165, 1.54) is 12.1 Å². The van der Waals surface area contributed by atoms with Crippen molar-refractivity contribution in [1.82, 2.24) is 19.4 Å². The molecule has 1 fully saturated rings. The van der Waals surface area contributed by atoms with Crippen LogP contribution in [0.5, 0.6) is 11.5 Å². The topological polar surface area (TPSA) is 84.3 Å². The number of imidazole rings is 1. The number of ether oxygens (including phenoxy) is 1. The van der Waals surface area contributed by atoms with E-state index in [-0.39, 0.29) is 11.8 Å². The van der Waals surface area contributed by atoms with Gasteiger partial charge in [-0.15, -0.1) is 0 Å². The average Bonchev–Trinajstić information content (AvgIpc) is 3.22. The van der Waals surface area contributed by atoms with Crippen LogP contribution in [0.25, 0.3) is 11.0 Å². The molecule has 2 N–H and O–H groups in total. The van der Waals surface area contributed by atoms with Crippen LogP contribution >= 0.6 is 0 Å². The molecule has 0 saturated carbocycles. The third kappa shape index (κ3) is 6.20. The second-order valence-electron chi connectivity index (χ2n) is 10.2. The smallest absolute Gasteiger partial charge is 0.416 e. The summed E-state index contributed by atoms with van der Waals surface area (Å²) in [5.74, 6) is 1.87. The zero-order chi connectivity index (χ0) is 28.4. The Morgan fingerprint density at radius 3 is 2.40 bits per heavy atom. The standard InChI is InChI=1S/C29H31F3N6O2/c1-18(2)38-14-11-19(12-15-38)27(39)36-26-17-23(10-13-33-26)40-22-8-9-25-24(16-22)35-28(37(25)3)34-21-6-4-20(5-7-21)29(30,31)32/h4-10,13,16-19H,11-12,14-15H2,1-3H3,(H,34,35)(H,33,36,39). The largest absolute Gasteiger partial charge is 0.457 e. The first kappa shape index (κ1) is 27.4. The van der Waals surface area contributed by atoms with Gasteiger partial charge in [0.1, 0.15) is 17.3 Å². The molecule has 5 rings (SSSR count). The van der Waals surface area contributed by atoms with E-state index in [9.17, 15) is 18.0 Å². The molecule has 4 aromatic rings. The van der Waals surface area contributed by atoms with Crippen molar-refractivity contribution in [1.29, 1.82) is 0 Å². The van der Waals surface area contributed by atoms with Crippen molar-refractivity contribution in [2.75, 3.05) is 23.7 Å². The number of hydrogen-bond donors (Lipinski definition) is 2. The summed E-state index contributed by atoms with van der Waals surface area (Å²) in [6.07, 6.45) is -1.17. The van der Waals surface area contributed by atoms with Crippen LogP contribution in [0.4, 0.5) is 30.6 Å². The maximum atomic E-state index is 12.9. The van der Waals surface area contributed by atoms with E-state index in [4.69, 9.17) is 4.74 Å². The zero-order valence-corrected chi connectivity index (χ0v) is 22.5. The minimum atomic E-state index is -4.39. The van der Waals surface area contributed by atoms with Crippen LogP contribution in [0.2, 0.25) is 0 Å². The Morgan fingerprint density at radius 2 is 1.73 bits per heavy atom. The maximum absolute atomic E-state index is 12.9. The first-order valence-electron chi connectivity index (χ1n) is 13.2. The third-order valence-electron chi connectivity index (χ3n) is 7.17. The molecule has 8 nitrogen and oxygen atoms in total. The van der Waals surface area contributed by atoms with Crippen LogP contribution in [0.15, 0.2) is 60.8 Å². The van der Waals surface area contributed by atoms with E-state index < -0.39 is 11.7 Å². The van der Waals surface area contributed by atoms with Gasteiger partial charge in [-0.25, -0.2) is 9.97 Å². The molecule has 0 aliphatic carbocycles. The quantitative estimate of drug-likeness (QED) is 0.269. The minimum absolute atomic E-state index is 0.0314. The molecule has 210 valence electrons. The van der Waals surface area contributed by atoms with Crippen LogP contribution in [-0.2, 0) is 18.0 Å². The number of halogens is 3. The molecule has 0 spiro atoms. The average molecular weight is 553 g/mol. The van der Waals surface area contributed by atoms with Gasteiger partial charge in [0.15, 0.2) is 0 Å².